The monoisotopic (exact) mass is 292 g/mol. The Kier molecular flexibility index (Phi) is 4.64. The standard InChI is InChI=1S/C14H20N4O3/c1-18-8-10(16-17-18)7-11(15)9-5-12(19-2)14(21-4)13(6-9)20-3/h5-6,8,11H,7,15H2,1-4H3. The van der Waals surface area contributed by atoms with Gasteiger partial charge in [0.1, 0.15) is 0 Å². The fraction of sp³-hybridized carbons (Fsp3) is 0.429. The maximum absolute atomic E-state index is 6.25. The Morgan fingerprint density at radius 3 is 2.19 bits per heavy atom. The number of methoxy groups -OCH3 is 3. The Morgan fingerprint density at radius 1 is 1.14 bits per heavy atom. The number of hydrogen-bond donors (Lipinski definition) is 1. The van der Waals surface area contributed by atoms with Crippen LogP contribution in [-0.2, 0) is 13.5 Å². The molecule has 1 aromatic heterocycles. The Labute approximate surface area is 123 Å². The molecule has 0 aliphatic carbocycles. The number of hydrogen-bond acceptors (Lipinski definition) is 6. The third-order valence-electron chi connectivity index (χ3n) is 3.19. The van der Waals surface area contributed by atoms with Gasteiger partial charge in [0.25, 0.3) is 0 Å². The van der Waals surface area contributed by atoms with Gasteiger partial charge in [-0.15, -0.1) is 5.10 Å². The van der Waals surface area contributed by atoms with Gasteiger partial charge >= 0.3 is 0 Å². The fourth-order valence-electron chi connectivity index (χ4n) is 2.15. The van der Waals surface area contributed by atoms with Gasteiger partial charge in [0.05, 0.1) is 27.0 Å². The van der Waals surface area contributed by atoms with E-state index in [1.165, 1.54) is 0 Å². The number of nitrogens with two attached hydrogens (primary N) is 1. The van der Waals surface area contributed by atoms with E-state index in [1.54, 1.807) is 26.0 Å². The number of benzene rings is 1. The van der Waals surface area contributed by atoms with Crippen LogP contribution < -0.4 is 19.9 Å². The highest BCUT2D eigenvalue weighted by Crippen LogP contribution is 2.39. The predicted molar refractivity (Wildman–Crippen MR) is 77.7 cm³/mol. The maximum Gasteiger partial charge on any atom is 0.203 e. The van der Waals surface area contributed by atoms with Gasteiger partial charge in [0.2, 0.25) is 5.75 Å². The second-order valence-electron chi connectivity index (χ2n) is 4.65. The number of nitrogens with zero attached hydrogens (tertiary/aromatic N) is 3. The van der Waals surface area contributed by atoms with Crippen LogP contribution in [0.4, 0.5) is 0 Å². The van der Waals surface area contributed by atoms with E-state index < -0.39 is 0 Å². The summed E-state index contributed by atoms with van der Waals surface area (Å²) >= 11 is 0. The number of ether oxygens (including phenoxy) is 3. The van der Waals surface area contributed by atoms with Crippen molar-refractivity contribution >= 4 is 0 Å². The molecule has 0 aliphatic rings. The minimum atomic E-state index is -0.240. The largest absolute Gasteiger partial charge is 0.493 e. The molecule has 0 bridgehead atoms. The Bertz CT molecular complexity index is 587. The third kappa shape index (κ3) is 3.25. The van der Waals surface area contributed by atoms with Gasteiger partial charge in [-0.2, -0.15) is 0 Å². The van der Waals surface area contributed by atoms with Crippen molar-refractivity contribution in [1.29, 1.82) is 0 Å². The summed E-state index contributed by atoms with van der Waals surface area (Å²) in [5, 5.41) is 7.95. The molecule has 2 aromatic rings. The lowest BCUT2D eigenvalue weighted by Gasteiger charge is -2.17. The molecule has 7 nitrogen and oxygen atoms in total. The minimum absolute atomic E-state index is 0.240. The van der Waals surface area contributed by atoms with Crippen LogP contribution in [-0.4, -0.2) is 36.3 Å². The van der Waals surface area contributed by atoms with E-state index in [0.29, 0.717) is 23.7 Å². The fourth-order valence-corrected chi connectivity index (χ4v) is 2.15. The van der Waals surface area contributed by atoms with Crippen LogP contribution in [0.1, 0.15) is 17.3 Å². The van der Waals surface area contributed by atoms with Gasteiger partial charge in [-0.05, 0) is 17.7 Å². The van der Waals surface area contributed by atoms with E-state index in [0.717, 1.165) is 11.3 Å². The molecule has 1 unspecified atom stereocenters. The molecule has 1 aromatic carbocycles. The molecule has 0 spiro atoms. The average molecular weight is 292 g/mol. The van der Waals surface area contributed by atoms with Crippen molar-refractivity contribution in [2.75, 3.05) is 21.3 Å². The van der Waals surface area contributed by atoms with E-state index in [4.69, 9.17) is 19.9 Å². The van der Waals surface area contributed by atoms with Crippen molar-refractivity contribution < 1.29 is 14.2 Å². The van der Waals surface area contributed by atoms with Gasteiger partial charge in [-0.3, -0.25) is 4.68 Å². The van der Waals surface area contributed by atoms with Crippen LogP contribution in [0.15, 0.2) is 18.3 Å². The van der Waals surface area contributed by atoms with Crippen molar-refractivity contribution in [2.24, 2.45) is 12.8 Å². The molecule has 21 heavy (non-hydrogen) atoms. The molecule has 2 N–H and O–H groups in total. The van der Waals surface area contributed by atoms with Gasteiger partial charge in [-0.1, -0.05) is 5.21 Å². The molecular weight excluding hydrogens is 272 g/mol. The molecule has 0 amide bonds. The Hall–Kier alpha value is -2.28. The zero-order valence-corrected chi connectivity index (χ0v) is 12.7. The highest BCUT2D eigenvalue weighted by molar-refractivity contribution is 5.54. The molecule has 7 heteroatoms. The van der Waals surface area contributed by atoms with E-state index in [1.807, 2.05) is 25.4 Å². The van der Waals surface area contributed by atoms with Crippen LogP contribution in [0.3, 0.4) is 0 Å². The first-order valence-electron chi connectivity index (χ1n) is 6.49. The summed E-state index contributed by atoms with van der Waals surface area (Å²) in [6.07, 6.45) is 2.42. The second kappa shape index (κ2) is 6.45. The smallest absolute Gasteiger partial charge is 0.203 e. The first-order valence-corrected chi connectivity index (χ1v) is 6.49. The molecular formula is C14H20N4O3. The number of aromatic nitrogens is 3. The normalized spacial score (nSPS) is 12.0. The molecule has 0 fully saturated rings. The second-order valence-corrected chi connectivity index (χ2v) is 4.65. The van der Waals surface area contributed by atoms with E-state index in [2.05, 4.69) is 10.3 Å². The third-order valence-corrected chi connectivity index (χ3v) is 3.19. The highest BCUT2D eigenvalue weighted by Gasteiger charge is 2.17. The zero-order valence-electron chi connectivity index (χ0n) is 12.7. The topological polar surface area (TPSA) is 84.4 Å². The van der Waals surface area contributed by atoms with Gasteiger partial charge < -0.3 is 19.9 Å². The zero-order chi connectivity index (χ0) is 15.4. The summed E-state index contributed by atoms with van der Waals surface area (Å²) in [5.74, 6) is 1.72. The Morgan fingerprint density at radius 2 is 1.76 bits per heavy atom. The predicted octanol–water partition coefficient (Wildman–Crippen LogP) is 1.08. The van der Waals surface area contributed by atoms with Crippen LogP contribution in [0, 0.1) is 0 Å². The molecule has 114 valence electrons. The molecule has 0 radical (unpaired) electrons. The summed E-state index contributed by atoms with van der Waals surface area (Å²) < 4.78 is 17.6. The highest BCUT2D eigenvalue weighted by atomic mass is 16.5. The number of rotatable bonds is 6. The molecule has 0 saturated carbocycles. The van der Waals surface area contributed by atoms with Crippen LogP contribution >= 0.6 is 0 Å². The van der Waals surface area contributed by atoms with Crippen LogP contribution in [0.25, 0.3) is 0 Å². The first kappa shape index (κ1) is 15.1. The molecule has 1 atom stereocenters. The quantitative estimate of drug-likeness (QED) is 0.857. The van der Waals surface area contributed by atoms with Gasteiger partial charge in [0, 0.05) is 25.7 Å². The van der Waals surface area contributed by atoms with Gasteiger partial charge in [-0.25, -0.2) is 0 Å². The molecule has 1 heterocycles. The summed E-state index contributed by atoms with van der Waals surface area (Å²) in [5.41, 5.74) is 7.96. The number of aryl methyl sites for hydroxylation is 1. The van der Waals surface area contributed by atoms with E-state index in [9.17, 15) is 0 Å². The van der Waals surface area contributed by atoms with Crippen molar-refractivity contribution in [1.82, 2.24) is 15.0 Å². The van der Waals surface area contributed by atoms with E-state index >= 15 is 0 Å². The van der Waals surface area contributed by atoms with Crippen molar-refractivity contribution in [3.63, 3.8) is 0 Å². The van der Waals surface area contributed by atoms with Crippen molar-refractivity contribution in [3.8, 4) is 17.2 Å². The summed E-state index contributed by atoms with van der Waals surface area (Å²) in [6.45, 7) is 0. The SMILES string of the molecule is COc1cc(C(N)Cc2cn(C)nn2)cc(OC)c1OC. The molecule has 0 saturated heterocycles. The molecule has 2 rings (SSSR count). The lowest BCUT2D eigenvalue weighted by molar-refractivity contribution is 0.323. The van der Waals surface area contributed by atoms with E-state index in [-0.39, 0.29) is 6.04 Å². The van der Waals surface area contributed by atoms with Crippen molar-refractivity contribution in [2.45, 2.75) is 12.5 Å². The molecule has 0 aliphatic heterocycles. The first-order chi connectivity index (χ1) is 10.1. The van der Waals surface area contributed by atoms with Gasteiger partial charge in [0.15, 0.2) is 11.5 Å². The lowest BCUT2D eigenvalue weighted by atomic mass is 10.0. The maximum atomic E-state index is 6.25. The Balaban J connectivity index is 2.30. The lowest BCUT2D eigenvalue weighted by Crippen LogP contribution is -2.14. The van der Waals surface area contributed by atoms with Crippen LogP contribution in [0.5, 0.6) is 17.2 Å². The summed E-state index contributed by atoms with van der Waals surface area (Å²) in [6, 6.07) is 3.46. The van der Waals surface area contributed by atoms with Crippen LogP contribution in [0.2, 0.25) is 0 Å². The average Bonchev–Trinajstić information content (AvgIpc) is 2.90. The van der Waals surface area contributed by atoms with Crippen molar-refractivity contribution in [3.05, 3.63) is 29.6 Å². The summed E-state index contributed by atoms with van der Waals surface area (Å²) in [7, 11) is 6.55. The summed E-state index contributed by atoms with van der Waals surface area (Å²) in [4.78, 5) is 0. The minimum Gasteiger partial charge on any atom is -0.493 e.